The SMILES string of the molecule is Cc1cc(CNC(=O)N2CCC(=O)N3[C@@H]2CN(Cc2cccc(F)c2)C(=O)[C@@H]3CCN(C)C)cc(C(F)(F)F)c1. The first kappa shape index (κ1) is 29.3. The molecule has 2 aliphatic heterocycles. The van der Waals surface area contributed by atoms with Crippen molar-refractivity contribution in [2.75, 3.05) is 33.7 Å². The summed E-state index contributed by atoms with van der Waals surface area (Å²) in [6, 6.07) is 8.13. The third kappa shape index (κ3) is 6.72. The van der Waals surface area contributed by atoms with E-state index in [1.165, 1.54) is 26.8 Å². The zero-order valence-electron chi connectivity index (χ0n) is 22.7. The molecule has 0 spiro atoms. The molecule has 12 heteroatoms. The van der Waals surface area contributed by atoms with Gasteiger partial charge in [-0.2, -0.15) is 13.2 Å². The van der Waals surface area contributed by atoms with Gasteiger partial charge in [0.25, 0.3) is 0 Å². The van der Waals surface area contributed by atoms with Crippen molar-refractivity contribution < 1.29 is 31.9 Å². The van der Waals surface area contributed by atoms with Crippen LogP contribution in [0.2, 0.25) is 0 Å². The molecule has 0 aliphatic carbocycles. The first-order valence-electron chi connectivity index (χ1n) is 13.0. The summed E-state index contributed by atoms with van der Waals surface area (Å²) < 4.78 is 53.6. The molecule has 4 rings (SSSR count). The summed E-state index contributed by atoms with van der Waals surface area (Å²) >= 11 is 0. The first-order valence-corrected chi connectivity index (χ1v) is 13.0. The molecule has 2 saturated heterocycles. The van der Waals surface area contributed by atoms with Gasteiger partial charge in [-0.05, 0) is 69.4 Å². The molecule has 0 saturated carbocycles. The van der Waals surface area contributed by atoms with Crippen LogP contribution in [0.3, 0.4) is 0 Å². The van der Waals surface area contributed by atoms with Crippen LogP contribution in [0.15, 0.2) is 42.5 Å². The fraction of sp³-hybridized carbons (Fsp3) is 0.464. The summed E-state index contributed by atoms with van der Waals surface area (Å²) in [6.07, 6.45) is -4.93. The Morgan fingerprint density at radius 3 is 2.52 bits per heavy atom. The van der Waals surface area contributed by atoms with E-state index in [2.05, 4.69) is 5.32 Å². The van der Waals surface area contributed by atoms with Crippen LogP contribution in [0.25, 0.3) is 0 Å². The number of rotatable bonds is 7. The second-order valence-corrected chi connectivity index (χ2v) is 10.5. The third-order valence-electron chi connectivity index (χ3n) is 7.13. The summed E-state index contributed by atoms with van der Waals surface area (Å²) in [4.78, 5) is 46.4. The summed E-state index contributed by atoms with van der Waals surface area (Å²) in [5, 5.41) is 2.69. The van der Waals surface area contributed by atoms with Crippen molar-refractivity contribution in [1.82, 2.24) is 24.9 Å². The zero-order valence-corrected chi connectivity index (χ0v) is 22.7. The average molecular weight is 564 g/mol. The van der Waals surface area contributed by atoms with Crippen LogP contribution in [0.5, 0.6) is 0 Å². The van der Waals surface area contributed by atoms with Crippen molar-refractivity contribution in [2.24, 2.45) is 0 Å². The second kappa shape index (κ2) is 11.8. The maximum absolute atomic E-state index is 13.8. The lowest BCUT2D eigenvalue weighted by Gasteiger charge is -2.52. The molecular formula is C28H33F4N5O3. The van der Waals surface area contributed by atoms with Gasteiger partial charge in [-0.25, -0.2) is 9.18 Å². The van der Waals surface area contributed by atoms with Gasteiger partial charge in [0.1, 0.15) is 18.0 Å². The quantitative estimate of drug-likeness (QED) is 0.523. The second-order valence-electron chi connectivity index (χ2n) is 10.5. The monoisotopic (exact) mass is 563 g/mol. The lowest BCUT2D eigenvalue weighted by atomic mass is 10.0. The number of carbonyl (C=O) groups excluding carboxylic acids is 3. The molecule has 4 amide bonds. The van der Waals surface area contributed by atoms with Crippen LogP contribution in [-0.2, 0) is 28.9 Å². The molecule has 40 heavy (non-hydrogen) atoms. The number of halogens is 4. The van der Waals surface area contributed by atoms with Crippen LogP contribution in [-0.4, -0.2) is 83.4 Å². The number of alkyl halides is 3. The lowest BCUT2D eigenvalue weighted by Crippen LogP contribution is -2.72. The van der Waals surface area contributed by atoms with Crippen molar-refractivity contribution >= 4 is 17.8 Å². The first-order chi connectivity index (χ1) is 18.8. The van der Waals surface area contributed by atoms with Gasteiger partial charge >= 0.3 is 12.2 Å². The minimum atomic E-state index is -4.51. The summed E-state index contributed by atoms with van der Waals surface area (Å²) in [5.41, 5.74) is 0.484. The minimum absolute atomic E-state index is 0.0161. The molecule has 1 N–H and O–H groups in total. The topological polar surface area (TPSA) is 76.2 Å². The summed E-state index contributed by atoms with van der Waals surface area (Å²) in [7, 11) is 3.70. The van der Waals surface area contributed by atoms with Crippen LogP contribution in [0, 0.1) is 12.7 Å². The van der Waals surface area contributed by atoms with Crippen LogP contribution < -0.4 is 5.32 Å². The normalized spacial score (nSPS) is 19.8. The molecule has 2 atom stereocenters. The van der Waals surface area contributed by atoms with E-state index in [0.717, 1.165) is 12.1 Å². The lowest BCUT2D eigenvalue weighted by molar-refractivity contribution is -0.167. The molecule has 8 nitrogen and oxygen atoms in total. The fourth-order valence-electron chi connectivity index (χ4n) is 5.28. The number of nitrogens with one attached hydrogen (secondary N) is 1. The van der Waals surface area contributed by atoms with E-state index in [9.17, 15) is 31.9 Å². The van der Waals surface area contributed by atoms with Crippen molar-refractivity contribution in [1.29, 1.82) is 0 Å². The Morgan fingerprint density at radius 1 is 1.10 bits per heavy atom. The van der Waals surface area contributed by atoms with Crippen LogP contribution in [0.1, 0.15) is 35.1 Å². The fourth-order valence-corrected chi connectivity index (χ4v) is 5.28. The highest BCUT2D eigenvalue weighted by Gasteiger charge is 2.48. The van der Waals surface area contributed by atoms with E-state index >= 15 is 0 Å². The van der Waals surface area contributed by atoms with Gasteiger partial charge < -0.3 is 24.9 Å². The molecule has 2 aromatic rings. The van der Waals surface area contributed by atoms with Gasteiger partial charge in [0, 0.05) is 26.1 Å². The number of hydrogen-bond donors (Lipinski definition) is 1. The Balaban J connectivity index is 1.57. The predicted molar refractivity (Wildman–Crippen MR) is 139 cm³/mol. The highest BCUT2D eigenvalue weighted by Crippen LogP contribution is 2.31. The molecule has 216 valence electrons. The van der Waals surface area contributed by atoms with Crippen molar-refractivity contribution in [2.45, 2.75) is 51.2 Å². The number of benzene rings is 2. The minimum Gasteiger partial charge on any atom is -0.334 e. The molecule has 0 aromatic heterocycles. The molecule has 2 fully saturated rings. The number of piperazine rings is 1. The predicted octanol–water partition coefficient (Wildman–Crippen LogP) is 3.59. The maximum atomic E-state index is 13.8. The number of urea groups is 1. The van der Waals surface area contributed by atoms with E-state index in [0.29, 0.717) is 29.7 Å². The molecule has 2 heterocycles. The van der Waals surface area contributed by atoms with E-state index < -0.39 is 35.8 Å². The Labute approximate surface area is 230 Å². The molecule has 0 radical (unpaired) electrons. The molecule has 0 unspecified atom stereocenters. The molecule has 0 bridgehead atoms. The number of amides is 4. The standard InChI is InChI=1S/C28H33F4N5O3/c1-18-11-20(13-21(12-18)28(30,31)32)15-33-27(40)36-10-8-25(38)37-23(7-9-34(2)3)26(39)35(17-24(36)37)16-19-5-4-6-22(29)14-19/h4-6,11-14,23-24H,7-10,15-17H2,1-3H3,(H,33,40)/t23-,24+/m0/s1. The van der Waals surface area contributed by atoms with E-state index in [1.807, 2.05) is 19.0 Å². The van der Waals surface area contributed by atoms with E-state index in [4.69, 9.17) is 0 Å². The van der Waals surface area contributed by atoms with Gasteiger partial charge in [0.2, 0.25) is 11.8 Å². The van der Waals surface area contributed by atoms with Crippen LogP contribution in [0.4, 0.5) is 22.4 Å². The average Bonchev–Trinajstić information content (AvgIpc) is 2.87. The number of nitrogens with zero attached hydrogens (tertiary/aromatic N) is 4. The van der Waals surface area contributed by atoms with Gasteiger partial charge in [-0.1, -0.05) is 23.8 Å². The van der Waals surface area contributed by atoms with Gasteiger partial charge in [-0.3, -0.25) is 9.59 Å². The van der Waals surface area contributed by atoms with Crippen molar-refractivity contribution in [3.63, 3.8) is 0 Å². The Kier molecular flexibility index (Phi) is 8.67. The van der Waals surface area contributed by atoms with E-state index in [1.54, 1.807) is 25.1 Å². The highest BCUT2D eigenvalue weighted by molar-refractivity contribution is 5.91. The Bertz CT molecular complexity index is 1270. The van der Waals surface area contributed by atoms with Gasteiger partial charge in [0.05, 0.1) is 12.1 Å². The maximum Gasteiger partial charge on any atom is 0.416 e. The highest BCUT2D eigenvalue weighted by atomic mass is 19.4. The third-order valence-corrected chi connectivity index (χ3v) is 7.13. The number of carbonyl (C=O) groups is 3. The number of fused-ring (bicyclic) bond motifs is 1. The van der Waals surface area contributed by atoms with Crippen molar-refractivity contribution in [3.05, 3.63) is 70.5 Å². The summed E-state index contributed by atoms with van der Waals surface area (Å²) in [5.74, 6) is -0.964. The zero-order chi connectivity index (χ0) is 29.2. The van der Waals surface area contributed by atoms with Crippen LogP contribution >= 0.6 is 0 Å². The Morgan fingerprint density at radius 2 is 1.85 bits per heavy atom. The molecular weight excluding hydrogens is 530 g/mol. The van der Waals surface area contributed by atoms with Gasteiger partial charge in [0.15, 0.2) is 0 Å². The van der Waals surface area contributed by atoms with Crippen molar-refractivity contribution in [3.8, 4) is 0 Å². The van der Waals surface area contributed by atoms with E-state index in [-0.39, 0.29) is 44.4 Å². The summed E-state index contributed by atoms with van der Waals surface area (Å²) in [6.45, 7) is 2.14. The number of aryl methyl sites for hydroxylation is 1. The largest absolute Gasteiger partial charge is 0.416 e. The molecule has 2 aliphatic rings. The van der Waals surface area contributed by atoms with Gasteiger partial charge in [-0.15, -0.1) is 0 Å². The number of hydrogen-bond acceptors (Lipinski definition) is 4. The Hall–Kier alpha value is -3.67. The molecule has 2 aromatic carbocycles. The smallest absolute Gasteiger partial charge is 0.334 e.